The summed E-state index contributed by atoms with van der Waals surface area (Å²) < 4.78 is 16.4. The van der Waals surface area contributed by atoms with Gasteiger partial charge in [0, 0.05) is 35.8 Å². The van der Waals surface area contributed by atoms with E-state index in [0.29, 0.717) is 24.8 Å². The van der Waals surface area contributed by atoms with Crippen LogP contribution in [0.4, 0.5) is 0 Å². The summed E-state index contributed by atoms with van der Waals surface area (Å²) in [4.78, 5) is 36.6. The number of hydrogen-bond donors (Lipinski definition) is 0. The fourth-order valence-electron chi connectivity index (χ4n) is 3.94. The van der Waals surface area contributed by atoms with Gasteiger partial charge in [0.25, 0.3) is 0 Å². The van der Waals surface area contributed by atoms with Crippen molar-refractivity contribution >= 4 is 17.9 Å². The molecule has 146 valence electrons. The van der Waals surface area contributed by atoms with Crippen molar-refractivity contribution in [2.45, 2.75) is 52.2 Å². The first-order valence-electron chi connectivity index (χ1n) is 9.39. The summed E-state index contributed by atoms with van der Waals surface area (Å²) in [6.45, 7) is 9.85. The Morgan fingerprint density at radius 1 is 1.26 bits per heavy atom. The number of hydrogen-bond acceptors (Lipinski definition) is 6. The van der Waals surface area contributed by atoms with Crippen LogP contribution in [0.1, 0.15) is 40.0 Å². The van der Waals surface area contributed by atoms with Gasteiger partial charge >= 0.3 is 17.9 Å². The van der Waals surface area contributed by atoms with Crippen molar-refractivity contribution in [3.8, 4) is 0 Å². The number of carbonyl (C=O) groups excluding carboxylic acids is 3. The van der Waals surface area contributed by atoms with Crippen molar-refractivity contribution in [2.24, 2.45) is 17.8 Å². The minimum Gasteiger partial charge on any atom is -0.462 e. The summed E-state index contributed by atoms with van der Waals surface area (Å²) in [5.41, 5.74) is 1.80. The summed E-state index contributed by atoms with van der Waals surface area (Å²) in [5.74, 6) is -1.58. The molecule has 0 amide bonds. The van der Waals surface area contributed by atoms with Gasteiger partial charge in [0.2, 0.25) is 0 Å². The van der Waals surface area contributed by atoms with Crippen LogP contribution in [-0.2, 0) is 28.6 Å². The van der Waals surface area contributed by atoms with Crippen molar-refractivity contribution in [1.29, 1.82) is 0 Å². The van der Waals surface area contributed by atoms with Crippen molar-refractivity contribution in [3.63, 3.8) is 0 Å². The summed E-state index contributed by atoms with van der Waals surface area (Å²) in [7, 11) is 0. The minimum absolute atomic E-state index is 0.156. The van der Waals surface area contributed by atoms with Gasteiger partial charge in [-0.2, -0.15) is 0 Å². The van der Waals surface area contributed by atoms with E-state index in [-0.39, 0.29) is 42.1 Å². The monoisotopic (exact) mass is 374 g/mol. The Bertz CT molecular complexity index is 729. The average Bonchev–Trinajstić information content (AvgIpc) is 2.88. The van der Waals surface area contributed by atoms with E-state index in [1.165, 1.54) is 0 Å². The van der Waals surface area contributed by atoms with Gasteiger partial charge < -0.3 is 14.2 Å². The van der Waals surface area contributed by atoms with Crippen LogP contribution in [0.15, 0.2) is 35.5 Å². The summed E-state index contributed by atoms with van der Waals surface area (Å²) >= 11 is 0. The molecule has 0 aromatic carbocycles. The minimum atomic E-state index is -0.616. The van der Waals surface area contributed by atoms with Crippen LogP contribution in [0.25, 0.3) is 0 Å². The van der Waals surface area contributed by atoms with Gasteiger partial charge in [0.1, 0.15) is 12.2 Å². The van der Waals surface area contributed by atoms with E-state index in [2.05, 4.69) is 6.58 Å². The molecule has 0 spiro atoms. The first-order valence-corrected chi connectivity index (χ1v) is 9.39. The molecule has 2 aliphatic heterocycles. The van der Waals surface area contributed by atoms with Crippen LogP contribution >= 0.6 is 0 Å². The molecular weight excluding hydrogens is 348 g/mol. The van der Waals surface area contributed by atoms with Gasteiger partial charge in [0.15, 0.2) is 0 Å². The predicted molar refractivity (Wildman–Crippen MR) is 97.4 cm³/mol. The summed E-state index contributed by atoms with van der Waals surface area (Å²) in [6.07, 6.45) is 4.02. The molecule has 3 aliphatic rings. The molecular formula is C21H26O6. The lowest BCUT2D eigenvalue weighted by Crippen LogP contribution is -2.41. The van der Waals surface area contributed by atoms with E-state index in [1.807, 2.05) is 32.9 Å². The van der Waals surface area contributed by atoms with Crippen LogP contribution in [0.3, 0.4) is 0 Å². The Labute approximate surface area is 159 Å². The zero-order valence-corrected chi connectivity index (χ0v) is 16.0. The molecule has 3 rings (SSSR count). The zero-order chi connectivity index (χ0) is 19.7. The molecule has 0 N–H and O–H groups in total. The van der Waals surface area contributed by atoms with E-state index >= 15 is 0 Å². The molecule has 2 heterocycles. The second-order valence-corrected chi connectivity index (χ2v) is 8.02. The summed E-state index contributed by atoms with van der Waals surface area (Å²) in [5, 5.41) is 0. The average molecular weight is 374 g/mol. The fraction of sp³-hybridized carbons (Fsp3) is 0.571. The van der Waals surface area contributed by atoms with E-state index in [4.69, 9.17) is 14.2 Å². The van der Waals surface area contributed by atoms with Crippen molar-refractivity contribution in [3.05, 3.63) is 35.5 Å². The maximum absolute atomic E-state index is 12.3. The number of esters is 3. The Hall–Kier alpha value is -2.37. The maximum atomic E-state index is 12.3. The second-order valence-electron chi connectivity index (χ2n) is 8.02. The number of ether oxygens (including phenoxy) is 3. The molecule has 6 nitrogen and oxygen atoms in total. The molecule has 1 saturated heterocycles. The third kappa shape index (κ3) is 4.31. The van der Waals surface area contributed by atoms with Crippen LogP contribution in [0.2, 0.25) is 0 Å². The van der Waals surface area contributed by atoms with E-state index in [9.17, 15) is 14.4 Å². The third-order valence-corrected chi connectivity index (χ3v) is 5.16. The highest BCUT2D eigenvalue weighted by Crippen LogP contribution is 2.39. The van der Waals surface area contributed by atoms with Crippen molar-refractivity contribution in [2.75, 3.05) is 6.61 Å². The van der Waals surface area contributed by atoms with E-state index < -0.39 is 18.0 Å². The molecule has 0 radical (unpaired) electrons. The highest BCUT2D eigenvalue weighted by molar-refractivity contribution is 5.92. The van der Waals surface area contributed by atoms with Gasteiger partial charge in [-0.15, -0.1) is 0 Å². The number of rotatable bonds is 3. The smallest absolute Gasteiger partial charge is 0.334 e. The molecule has 1 unspecified atom stereocenters. The van der Waals surface area contributed by atoms with E-state index in [1.54, 1.807) is 0 Å². The standard InChI is InChI=1S/C21H26O6/c1-11(2)5-18(22)27-17-7-12(3)6-16-9-14(21(24)26-16)8-15-10-25-20(23)13(4)19(15)17/h7,9,11,15-17,19H,4-6,8,10H2,1-3H3/b12-7+/t15?,16-,17-,19-/m1/s1. The van der Waals surface area contributed by atoms with E-state index in [0.717, 1.165) is 5.57 Å². The van der Waals surface area contributed by atoms with Crippen molar-refractivity contribution in [1.82, 2.24) is 0 Å². The molecule has 27 heavy (non-hydrogen) atoms. The molecule has 2 bridgehead atoms. The van der Waals surface area contributed by atoms with Crippen LogP contribution in [-0.4, -0.2) is 36.7 Å². The second kappa shape index (κ2) is 7.71. The normalized spacial score (nSPS) is 32.7. The number of carbonyl (C=O) groups is 3. The van der Waals surface area contributed by atoms with Crippen LogP contribution < -0.4 is 0 Å². The van der Waals surface area contributed by atoms with Gasteiger partial charge in [-0.25, -0.2) is 9.59 Å². The molecule has 4 atom stereocenters. The highest BCUT2D eigenvalue weighted by atomic mass is 16.6. The Morgan fingerprint density at radius 3 is 2.70 bits per heavy atom. The Kier molecular flexibility index (Phi) is 5.53. The van der Waals surface area contributed by atoms with Gasteiger partial charge in [-0.05, 0) is 31.4 Å². The topological polar surface area (TPSA) is 78.9 Å². The van der Waals surface area contributed by atoms with Crippen LogP contribution in [0, 0.1) is 17.8 Å². The summed E-state index contributed by atoms with van der Waals surface area (Å²) in [6, 6.07) is 0. The fourth-order valence-corrected chi connectivity index (χ4v) is 3.94. The van der Waals surface area contributed by atoms with Crippen molar-refractivity contribution < 1.29 is 28.6 Å². The molecule has 0 saturated carbocycles. The van der Waals surface area contributed by atoms with Gasteiger partial charge in [-0.1, -0.05) is 26.0 Å². The highest BCUT2D eigenvalue weighted by Gasteiger charge is 2.43. The quantitative estimate of drug-likeness (QED) is 0.327. The van der Waals surface area contributed by atoms with Gasteiger partial charge in [0.05, 0.1) is 6.61 Å². The Balaban J connectivity index is 1.95. The zero-order valence-electron chi connectivity index (χ0n) is 16.0. The molecule has 0 aromatic heterocycles. The maximum Gasteiger partial charge on any atom is 0.334 e. The Morgan fingerprint density at radius 2 is 2.00 bits per heavy atom. The lowest BCUT2D eigenvalue weighted by atomic mass is 9.76. The first-order chi connectivity index (χ1) is 12.7. The van der Waals surface area contributed by atoms with Gasteiger partial charge in [-0.3, -0.25) is 4.79 Å². The molecule has 6 heteroatoms. The lowest BCUT2D eigenvalue weighted by molar-refractivity contribution is -0.157. The molecule has 0 aromatic rings. The molecule has 1 fully saturated rings. The number of fused-ring (bicyclic) bond motifs is 2. The third-order valence-electron chi connectivity index (χ3n) is 5.16. The largest absolute Gasteiger partial charge is 0.462 e. The first kappa shape index (κ1) is 19.4. The van der Waals surface area contributed by atoms with Crippen LogP contribution in [0.5, 0.6) is 0 Å². The molecule has 1 aliphatic carbocycles. The number of cyclic esters (lactones) is 1. The lowest BCUT2D eigenvalue weighted by Gasteiger charge is -2.36. The SMILES string of the molecule is C=C1C(=O)OCC2CC3=C[C@@H](C/C(C)=C/[C@@H](OC(=O)CC(C)C)[C@H]12)OC3=O. The predicted octanol–water partition coefficient (Wildman–Crippen LogP) is 2.88.